The molecule has 0 aliphatic rings. The van der Waals surface area contributed by atoms with Crippen molar-refractivity contribution >= 4 is 57.7 Å². The Labute approximate surface area is 263 Å². The van der Waals surface area contributed by atoms with Crippen LogP contribution in [-0.4, -0.2) is 28.0 Å². The maximum absolute atomic E-state index is 13.3. The highest BCUT2D eigenvalue weighted by Gasteiger charge is 2.21. The highest BCUT2D eigenvalue weighted by molar-refractivity contribution is 8.00. The Morgan fingerprint density at radius 3 is 2.48 bits per heavy atom. The Balaban J connectivity index is 1.25. The molecule has 0 spiro atoms. The molecule has 5 aromatic rings. The molecular weight excluding hydrogens is 593 g/mol. The number of nitrogens with one attached hydrogen (secondary N) is 3. The summed E-state index contributed by atoms with van der Waals surface area (Å²) in [7, 11) is 0. The number of hydrogen-bond donors (Lipinski definition) is 3. The number of thiazole rings is 1. The fourth-order valence-corrected chi connectivity index (χ4v) is 5.90. The summed E-state index contributed by atoms with van der Waals surface area (Å²) in [6.45, 7) is 3.98. The third kappa shape index (κ3) is 8.12. The molecule has 0 aliphatic carbocycles. The van der Waals surface area contributed by atoms with Gasteiger partial charge in [0.1, 0.15) is 11.5 Å². The Hall–Kier alpha value is -4.93. The lowest BCUT2D eigenvalue weighted by atomic mass is 10.1. The largest absolute Gasteiger partial charge is 0.465 e. The van der Waals surface area contributed by atoms with Gasteiger partial charge in [0.15, 0.2) is 5.13 Å². The lowest BCUT2D eigenvalue weighted by Gasteiger charge is -2.15. The Bertz CT molecular complexity index is 1760. The fourth-order valence-electron chi connectivity index (χ4n) is 4.16. The van der Waals surface area contributed by atoms with Crippen LogP contribution in [0.1, 0.15) is 35.0 Å². The number of thioether (sulfide) groups is 1. The average molecular weight is 623 g/mol. The summed E-state index contributed by atoms with van der Waals surface area (Å²) < 4.78 is 5.37. The molecule has 1 atom stereocenters. The summed E-state index contributed by atoms with van der Waals surface area (Å²) in [5.74, 6) is -0.684. The van der Waals surface area contributed by atoms with Gasteiger partial charge in [0, 0.05) is 33.2 Å². The zero-order chi connectivity index (χ0) is 30.9. The van der Waals surface area contributed by atoms with E-state index >= 15 is 0 Å². The summed E-state index contributed by atoms with van der Waals surface area (Å²) >= 11 is 2.78. The van der Waals surface area contributed by atoms with Crippen molar-refractivity contribution in [3.63, 3.8) is 0 Å². The van der Waals surface area contributed by atoms with Crippen LogP contribution in [0.3, 0.4) is 0 Å². The third-order valence-electron chi connectivity index (χ3n) is 6.47. The van der Waals surface area contributed by atoms with Gasteiger partial charge in [-0.25, -0.2) is 4.98 Å². The van der Waals surface area contributed by atoms with Crippen molar-refractivity contribution in [3.8, 4) is 11.3 Å². The Kier molecular flexibility index (Phi) is 10.1. The van der Waals surface area contributed by atoms with Crippen molar-refractivity contribution in [2.45, 2.75) is 30.4 Å². The van der Waals surface area contributed by atoms with Crippen molar-refractivity contribution in [2.24, 2.45) is 0 Å². The van der Waals surface area contributed by atoms with Crippen molar-refractivity contribution in [1.82, 2.24) is 10.3 Å². The van der Waals surface area contributed by atoms with E-state index in [4.69, 9.17) is 4.42 Å². The number of aromatic nitrogens is 1. The number of nitrogens with zero attached hydrogens (tertiary/aromatic N) is 1. The smallest absolute Gasteiger partial charge is 0.272 e. The number of carbonyl (C=O) groups excluding carboxylic acids is 3. The van der Waals surface area contributed by atoms with E-state index in [1.54, 1.807) is 54.6 Å². The first-order valence-corrected chi connectivity index (χ1v) is 15.7. The topological polar surface area (TPSA) is 113 Å². The molecule has 3 N–H and O–H groups in total. The number of aryl methyl sites for hydroxylation is 1. The lowest BCUT2D eigenvalue weighted by Crippen LogP contribution is -2.30. The Morgan fingerprint density at radius 1 is 0.955 bits per heavy atom. The molecule has 0 radical (unpaired) electrons. The molecule has 10 heteroatoms. The first-order chi connectivity index (χ1) is 21.4. The van der Waals surface area contributed by atoms with Crippen LogP contribution in [0.2, 0.25) is 0 Å². The van der Waals surface area contributed by atoms with Crippen LogP contribution in [-0.2, 0) is 9.59 Å². The first kappa shape index (κ1) is 30.5. The number of benzene rings is 3. The van der Waals surface area contributed by atoms with Crippen molar-refractivity contribution < 1.29 is 18.8 Å². The molecule has 1 unspecified atom stereocenters. The van der Waals surface area contributed by atoms with E-state index in [2.05, 4.69) is 20.9 Å². The molecule has 44 heavy (non-hydrogen) atoms. The SMILES string of the molecule is CCC(Sc1cccc(NC(=O)/C(=C/c2ccco2)NC(=O)c2ccccc2)c1)C(=O)Nc1nc(-c2ccc(C)cc2)cs1. The fraction of sp³-hybridized carbons (Fsp3) is 0.118. The molecule has 2 aromatic heterocycles. The van der Waals surface area contributed by atoms with E-state index in [1.807, 2.05) is 55.6 Å². The van der Waals surface area contributed by atoms with Gasteiger partial charge < -0.3 is 20.4 Å². The number of hydrogen-bond acceptors (Lipinski definition) is 7. The van der Waals surface area contributed by atoms with Gasteiger partial charge in [-0.1, -0.05) is 61.0 Å². The molecule has 2 heterocycles. The van der Waals surface area contributed by atoms with Gasteiger partial charge in [-0.05, 0) is 55.8 Å². The standard InChI is InChI=1S/C34H30N4O4S2/c1-3-30(33(41)38-34-37-29(21-43-34)23-16-14-22(2)15-17-23)44-27-13-7-11-25(19-27)35-32(40)28(20-26-12-8-18-42-26)36-31(39)24-9-5-4-6-10-24/h4-21,30H,3H2,1-2H3,(H,35,40)(H,36,39)(H,37,38,41)/b28-20-. The van der Waals surface area contributed by atoms with Crippen molar-refractivity contribution in [2.75, 3.05) is 10.6 Å². The number of carbonyl (C=O) groups is 3. The van der Waals surface area contributed by atoms with Crippen LogP contribution in [0.25, 0.3) is 17.3 Å². The van der Waals surface area contributed by atoms with Crippen LogP contribution in [0.15, 0.2) is 118 Å². The number of furan rings is 1. The summed E-state index contributed by atoms with van der Waals surface area (Å²) in [5, 5.41) is 10.6. The second-order valence-electron chi connectivity index (χ2n) is 9.78. The molecule has 3 aromatic carbocycles. The zero-order valence-electron chi connectivity index (χ0n) is 24.1. The van der Waals surface area contributed by atoms with Crippen molar-refractivity contribution in [1.29, 1.82) is 0 Å². The van der Waals surface area contributed by atoms with Crippen molar-refractivity contribution in [3.05, 3.63) is 125 Å². The van der Waals surface area contributed by atoms with Gasteiger partial charge in [-0.3, -0.25) is 14.4 Å². The second-order valence-corrected chi connectivity index (χ2v) is 11.9. The molecule has 0 fully saturated rings. The highest BCUT2D eigenvalue weighted by Crippen LogP contribution is 2.30. The monoisotopic (exact) mass is 622 g/mol. The molecule has 0 saturated carbocycles. The van der Waals surface area contributed by atoms with Gasteiger partial charge in [-0.15, -0.1) is 23.1 Å². The quantitative estimate of drug-likeness (QED) is 0.103. The van der Waals surface area contributed by atoms with E-state index in [1.165, 1.54) is 41.0 Å². The molecular formula is C34H30N4O4S2. The third-order valence-corrected chi connectivity index (χ3v) is 8.59. The van der Waals surface area contributed by atoms with Crippen LogP contribution in [0, 0.1) is 6.92 Å². The van der Waals surface area contributed by atoms with Gasteiger partial charge in [0.2, 0.25) is 5.91 Å². The van der Waals surface area contributed by atoms with Crippen LogP contribution in [0.4, 0.5) is 10.8 Å². The summed E-state index contributed by atoms with van der Waals surface area (Å²) in [4.78, 5) is 44.7. The molecule has 5 rings (SSSR count). The second kappa shape index (κ2) is 14.5. The summed E-state index contributed by atoms with van der Waals surface area (Å²) in [6.07, 6.45) is 3.54. The first-order valence-electron chi connectivity index (χ1n) is 13.9. The van der Waals surface area contributed by atoms with Crippen LogP contribution < -0.4 is 16.0 Å². The maximum atomic E-state index is 13.3. The predicted molar refractivity (Wildman–Crippen MR) is 177 cm³/mol. The summed E-state index contributed by atoms with van der Waals surface area (Å²) in [6, 6.07) is 27.3. The van der Waals surface area contributed by atoms with Gasteiger partial charge in [0.25, 0.3) is 11.8 Å². The molecule has 3 amide bonds. The number of anilines is 2. The van der Waals surface area contributed by atoms with E-state index in [0.717, 1.165) is 16.2 Å². The number of rotatable bonds is 11. The lowest BCUT2D eigenvalue weighted by molar-refractivity contribution is -0.116. The number of amides is 3. The minimum Gasteiger partial charge on any atom is -0.465 e. The van der Waals surface area contributed by atoms with E-state index < -0.39 is 11.8 Å². The molecule has 0 saturated heterocycles. The maximum Gasteiger partial charge on any atom is 0.272 e. The van der Waals surface area contributed by atoms with Gasteiger partial charge in [0.05, 0.1) is 17.2 Å². The molecule has 8 nitrogen and oxygen atoms in total. The molecule has 0 bridgehead atoms. The van der Waals surface area contributed by atoms with Crippen LogP contribution in [0.5, 0.6) is 0 Å². The van der Waals surface area contributed by atoms with Crippen LogP contribution >= 0.6 is 23.1 Å². The van der Waals surface area contributed by atoms with E-state index in [9.17, 15) is 14.4 Å². The minimum absolute atomic E-state index is 0.0196. The predicted octanol–water partition coefficient (Wildman–Crippen LogP) is 7.63. The minimum atomic E-state index is -0.522. The van der Waals surface area contributed by atoms with Gasteiger partial charge >= 0.3 is 0 Å². The molecule has 0 aliphatic heterocycles. The van der Waals surface area contributed by atoms with E-state index in [0.29, 0.717) is 28.6 Å². The molecule has 222 valence electrons. The van der Waals surface area contributed by atoms with E-state index in [-0.39, 0.29) is 16.9 Å². The average Bonchev–Trinajstić information content (AvgIpc) is 3.73. The summed E-state index contributed by atoms with van der Waals surface area (Å²) in [5.41, 5.74) is 3.93. The Morgan fingerprint density at radius 2 is 1.75 bits per heavy atom. The van der Waals surface area contributed by atoms with Gasteiger partial charge in [-0.2, -0.15) is 0 Å². The normalized spacial score (nSPS) is 11.9. The highest BCUT2D eigenvalue weighted by atomic mass is 32.2. The zero-order valence-corrected chi connectivity index (χ0v) is 25.7.